The normalized spacial score (nSPS) is 12.0. The first-order chi connectivity index (χ1) is 7.81. The lowest BCUT2D eigenvalue weighted by Gasteiger charge is -1.98. The Morgan fingerprint density at radius 2 is 2.50 bits per heavy atom. The number of hydrogen-bond donors (Lipinski definition) is 2. The predicted molar refractivity (Wildman–Crippen MR) is 60.9 cm³/mol. The summed E-state index contributed by atoms with van der Waals surface area (Å²) in [7, 11) is 0. The van der Waals surface area contributed by atoms with Crippen LogP contribution >= 0.6 is 0 Å². The molecule has 84 valence electrons. The summed E-state index contributed by atoms with van der Waals surface area (Å²) in [6, 6.07) is 3.78. The maximum atomic E-state index is 4.90. The van der Waals surface area contributed by atoms with Gasteiger partial charge in [-0.1, -0.05) is 0 Å². The van der Waals surface area contributed by atoms with Crippen LogP contribution in [-0.4, -0.2) is 27.3 Å². The van der Waals surface area contributed by atoms with E-state index in [1.54, 1.807) is 6.20 Å². The van der Waals surface area contributed by atoms with Gasteiger partial charge >= 0.3 is 0 Å². The van der Waals surface area contributed by atoms with Gasteiger partial charge in [0.15, 0.2) is 11.5 Å². The highest BCUT2D eigenvalue weighted by molar-refractivity contribution is 5.97. The number of rotatable bonds is 4. The zero-order valence-corrected chi connectivity index (χ0v) is 9.19. The average molecular weight is 219 g/mol. The number of H-pyrrole nitrogens is 1. The topological polar surface area (TPSA) is 75.2 Å². The molecular weight excluding hydrogens is 206 g/mol. The van der Waals surface area contributed by atoms with Crippen LogP contribution in [0.4, 0.5) is 0 Å². The Kier molecular flexibility index (Phi) is 3.11. The van der Waals surface area contributed by atoms with Crippen molar-refractivity contribution in [2.75, 3.05) is 6.61 Å². The van der Waals surface area contributed by atoms with Crippen LogP contribution in [0.15, 0.2) is 23.4 Å². The Morgan fingerprint density at radius 1 is 1.62 bits per heavy atom. The van der Waals surface area contributed by atoms with E-state index in [0.717, 1.165) is 5.52 Å². The van der Waals surface area contributed by atoms with Crippen molar-refractivity contribution in [3.8, 4) is 0 Å². The summed E-state index contributed by atoms with van der Waals surface area (Å²) >= 11 is 0. The molecule has 0 saturated carbocycles. The number of fused-ring (bicyclic) bond motifs is 1. The molecule has 6 nitrogen and oxygen atoms in total. The van der Waals surface area contributed by atoms with Crippen molar-refractivity contribution < 1.29 is 4.84 Å². The van der Waals surface area contributed by atoms with Gasteiger partial charge in [-0.05, 0) is 26.0 Å². The minimum Gasteiger partial charge on any atom is -0.336 e. The molecule has 0 aliphatic heterocycles. The minimum absolute atomic E-state index is 0.554. The molecule has 2 N–H and O–H groups in total. The summed E-state index contributed by atoms with van der Waals surface area (Å²) in [6.07, 6.45) is 1.71. The van der Waals surface area contributed by atoms with Gasteiger partial charge in [-0.25, -0.2) is 9.97 Å². The summed E-state index contributed by atoms with van der Waals surface area (Å²) in [6.45, 7) is 4.27. The summed E-state index contributed by atoms with van der Waals surface area (Å²) in [5.74, 6) is 0.681. The summed E-state index contributed by atoms with van der Waals surface area (Å²) < 4.78 is 0. The quantitative estimate of drug-likeness (QED) is 0.460. The summed E-state index contributed by atoms with van der Waals surface area (Å²) in [5, 5.41) is 4.00. The first-order valence-corrected chi connectivity index (χ1v) is 5.03. The van der Waals surface area contributed by atoms with Crippen molar-refractivity contribution in [3.05, 3.63) is 24.2 Å². The molecule has 0 radical (unpaired) electrons. The van der Waals surface area contributed by atoms with Gasteiger partial charge in [0.2, 0.25) is 0 Å². The van der Waals surface area contributed by atoms with Crippen molar-refractivity contribution >= 4 is 16.9 Å². The van der Waals surface area contributed by atoms with Crippen molar-refractivity contribution in [2.45, 2.75) is 13.8 Å². The van der Waals surface area contributed by atoms with Crippen LogP contribution in [0.25, 0.3) is 11.2 Å². The van der Waals surface area contributed by atoms with E-state index in [4.69, 9.17) is 4.84 Å². The number of aromatic amines is 1. The highest BCUT2D eigenvalue weighted by Gasteiger charge is 2.05. The number of pyridine rings is 1. The molecule has 0 unspecified atom stereocenters. The van der Waals surface area contributed by atoms with Gasteiger partial charge < -0.3 is 4.98 Å². The summed E-state index contributed by atoms with van der Waals surface area (Å²) in [5.41, 5.74) is 4.78. The fourth-order valence-electron chi connectivity index (χ4n) is 1.23. The van der Waals surface area contributed by atoms with Gasteiger partial charge in [0.05, 0.1) is 12.1 Å². The molecule has 0 amide bonds. The molecule has 0 aliphatic carbocycles. The molecule has 2 rings (SSSR count). The number of nitrogens with zero attached hydrogens (tertiary/aromatic N) is 3. The zero-order valence-electron chi connectivity index (χ0n) is 9.19. The predicted octanol–water partition coefficient (Wildman–Crippen LogP) is 1.22. The lowest BCUT2D eigenvalue weighted by molar-refractivity contribution is 0.0532. The third-order valence-corrected chi connectivity index (χ3v) is 2.02. The molecule has 0 fully saturated rings. The second-order valence-corrected chi connectivity index (χ2v) is 3.18. The van der Waals surface area contributed by atoms with Crippen LogP contribution in [0.5, 0.6) is 0 Å². The first kappa shape index (κ1) is 10.6. The largest absolute Gasteiger partial charge is 0.336 e. The molecule has 16 heavy (non-hydrogen) atoms. The fourth-order valence-corrected chi connectivity index (χ4v) is 1.23. The fraction of sp³-hybridized carbons (Fsp3) is 0.300. The molecule has 2 aromatic rings. The number of hydrogen-bond acceptors (Lipinski definition) is 5. The molecule has 0 saturated heterocycles. The lowest BCUT2D eigenvalue weighted by Crippen LogP contribution is -2.10. The van der Waals surface area contributed by atoms with Gasteiger partial charge in [0.25, 0.3) is 0 Å². The monoisotopic (exact) mass is 219 g/mol. The van der Waals surface area contributed by atoms with Crippen molar-refractivity contribution in [1.29, 1.82) is 0 Å². The van der Waals surface area contributed by atoms with Gasteiger partial charge in [-0.3, -0.25) is 4.84 Å². The van der Waals surface area contributed by atoms with Gasteiger partial charge in [-0.15, -0.1) is 0 Å². The molecule has 0 atom stereocenters. The maximum Gasteiger partial charge on any atom is 0.178 e. The second-order valence-electron chi connectivity index (χ2n) is 3.18. The minimum atomic E-state index is 0.554. The number of nitrogens with one attached hydrogen (secondary N) is 2. The van der Waals surface area contributed by atoms with E-state index in [1.165, 1.54) is 0 Å². The Morgan fingerprint density at radius 3 is 3.25 bits per heavy atom. The second kappa shape index (κ2) is 4.71. The van der Waals surface area contributed by atoms with Crippen molar-refractivity contribution in [1.82, 2.24) is 20.5 Å². The summed E-state index contributed by atoms with van der Waals surface area (Å²) in [4.78, 5) is 16.5. The molecule has 0 bridgehead atoms. The third kappa shape index (κ3) is 2.17. The van der Waals surface area contributed by atoms with Crippen LogP contribution in [0.1, 0.15) is 19.7 Å². The van der Waals surface area contributed by atoms with E-state index in [2.05, 4.69) is 25.6 Å². The van der Waals surface area contributed by atoms with Crippen LogP contribution in [0, 0.1) is 0 Å². The molecule has 6 heteroatoms. The molecule has 0 aromatic carbocycles. The van der Waals surface area contributed by atoms with E-state index in [-0.39, 0.29) is 0 Å². The van der Waals surface area contributed by atoms with Crippen molar-refractivity contribution in [3.63, 3.8) is 0 Å². The highest BCUT2D eigenvalue weighted by atomic mass is 16.7. The Balaban J connectivity index is 2.22. The first-order valence-electron chi connectivity index (χ1n) is 5.03. The third-order valence-electron chi connectivity index (χ3n) is 2.02. The van der Waals surface area contributed by atoms with Gasteiger partial charge in [-0.2, -0.15) is 10.7 Å². The Bertz CT molecular complexity index is 472. The molecular formula is C10H13N5O. The standard InChI is InChI=1S/C10H13N5O/c1-3-16-15-14-7(2)9-12-8-5-4-6-11-10(8)13-9/h4-6,15H,3H2,1-2H3,(H,11,12,13)/b14-7-. The Labute approximate surface area is 92.7 Å². The smallest absolute Gasteiger partial charge is 0.178 e. The Hall–Kier alpha value is -1.95. The lowest BCUT2D eigenvalue weighted by atomic mass is 10.4. The van der Waals surface area contributed by atoms with Gasteiger partial charge in [0.1, 0.15) is 5.71 Å². The zero-order chi connectivity index (χ0) is 11.4. The van der Waals surface area contributed by atoms with Crippen LogP contribution in [0.2, 0.25) is 0 Å². The van der Waals surface area contributed by atoms with Crippen molar-refractivity contribution in [2.24, 2.45) is 5.10 Å². The SMILES string of the molecule is CCON/N=C(/C)c1nc2ncccc2[nH]1. The van der Waals surface area contributed by atoms with E-state index in [0.29, 0.717) is 23.8 Å². The average Bonchev–Trinajstić information content (AvgIpc) is 2.73. The van der Waals surface area contributed by atoms with Crippen LogP contribution < -0.4 is 5.59 Å². The van der Waals surface area contributed by atoms with Crippen LogP contribution in [-0.2, 0) is 4.84 Å². The van der Waals surface area contributed by atoms with E-state index in [1.807, 2.05) is 26.0 Å². The maximum absolute atomic E-state index is 4.90. The van der Waals surface area contributed by atoms with Gasteiger partial charge in [0, 0.05) is 6.20 Å². The highest BCUT2D eigenvalue weighted by Crippen LogP contribution is 2.07. The van der Waals surface area contributed by atoms with E-state index in [9.17, 15) is 0 Å². The molecule has 0 spiro atoms. The number of aromatic nitrogens is 3. The van der Waals surface area contributed by atoms with E-state index < -0.39 is 0 Å². The molecule has 2 heterocycles. The van der Waals surface area contributed by atoms with Crippen LogP contribution in [0.3, 0.4) is 0 Å². The molecule has 0 aliphatic rings. The van der Waals surface area contributed by atoms with E-state index >= 15 is 0 Å². The number of hydrazone groups is 1. The number of imidazole rings is 1. The molecule has 2 aromatic heterocycles.